The van der Waals surface area contributed by atoms with Gasteiger partial charge in [0.2, 0.25) is 11.3 Å². The number of hydrogen-bond acceptors (Lipinski definition) is 9. The number of carbonyl (C=O) groups excluding carboxylic acids is 2. The van der Waals surface area contributed by atoms with Crippen molar-refractivity contribution in [3.8, 4) is 0 Å². The summed E-state index contributed by atoms with van der Waals surface area (Å²) in [6.45, 7) is 5.05. The molecule has 1 aromatic rings. The fourth-order valence-electron chi connectivity index (χ4n) is 2.15. The molecule has 2 radical (unpaired) electrons. The number of ether oxygens (including phenoxy) is 1. The van der Waals surface area contributed by atoms with Gasteiger partial charge in [0.05, 0.1) is 0 Å². The van der Waals surface area contributed by atoms with Crippen LogP contribution in [0.3, 0.4) is 0 Å². The van der Waals surface area contributed by atoms with E-state index in [0.717, 1.165) is 11.3 Å². The molecule has 0 bridgehead atoms. The Bertz CT molecular complexity index is 817. The van der Waals surface area contributed by atoms with Crippen LogP contribution in [0.15, 0.2) is 5.16 Å². The number of rotatable bonds is 6. The van der Waals surface area contributed by atoms with Crippen molar-refractivity contribution in [2.45, 2.75) is 51.2 Å². The van der Waals surface area contributed by atoms with E-state index < -0.39 is 34.9 Å². The highest BCUT2D eigenvalue weighted by Gasteiger charge is 2.48. The lowest BCUT2D eigenvalue weighted by atomic mass is 9.80. The predicted octanol–water partition coefficient (Wildman–Crippen LogP) is 2.50. The number of anilines is 1. The highest BCUT2D eigenvalue weighted by Crippen LogP contribution is 2.37. The quantitative estimate of drug-likeness (QED) is 0.400. The van der Waals surface area contributed by atoms with Crippen molar-refractivity contribution < 1.29 is 33.7 Å². The van der Waals surface area contributed by atoms with Crippen LogP contribution in [0, 0.1) is 0 Å². The van der Waals surface area contributed by atoms with Crippen molar-refractivity contribution in [3.63, 3.8) is 0 Å². The van der Waals surface area contributed by atoms with Gasteiger partial charge in [-0.2, -0.15) is 0 Å². The summed E-state index contributed by atoms with van der Waals surface area (Å²) >= 11 is 6.85. The Kier molecular flexibility index (Phi) is 6.55. The molecule has 0 saturated heterocycles. The van der Waals surface area contributed by atoms with Crippen LogP contribution in [0.1, 0.15) is 45.7 Å². The zero-order chi connectivity index (χ0) is 21.1. The van der Waals surface area contributed by atoms with Crippen molar-refractivity contribution in [1.29, 1.82) is 0 Å². The Labute approximate surface area is 170 Å². The lowest BCUT2D eigenvalue weighted by Crippen LogP contribution is -2.48. The minimum absolute atomic E-state index is 0.00271. The molecule has 0 aromatic carbocycles. The second kappa shape index (κ2) is 8.35. The zero-order valence-electron chi connectivity index (χ0n) is 15.3. The van der Waals surface area contributed by atoms with Crippen LogP contribution in [0.5, 0.6) is 0 Å². The van der Waals surface area contributed by atoms with E-state index in [-0.39, 0.29) is 28.0 Å². The van der Waals surface area contributed by atoms with Gasteiger partial charge < -0.3 is 19.3 Å². The topological polar surface area (TPSA) is 136 Å². The van der Waals surface area contributed by atoms with E-state index in [1.807, 2.05) is 0 Å². The van der Waals surface area contributed by atoms with Gasteiger partial charge in [0.25, 0.3) is 0 Å². The van der Waals surface area contributed by atoms with Crippen LogP contribution in [-0.2, 0) is 23.8 Å². The standard InChI is InChI=1S/C15H17BClN3O7S/c1-14(2,3)25-13(24)19-12-18-7(9(17)28-12)8(10(21)22)20-27-15(5-4-6-15)11(23)26-16/h4-6H2,1-3H3,(H,21,22)(H,18,19,24). The number of carboxylic acid groups (broad SMARTS) is 1. The van der Waals surface area contributed by atoms with E-state index in [1.54, 1.807) is 20.8 Å². The second-order valence-corrected chi connectivity index (χ2v) is 8.46. The largest absolute Gasteiger partial charge is 0.540 e. The second-order valence-electron chi connectivity index (χ2n) is 6.86. The van der Waals surface area contributed by atoms with Crippen LogP contribution in [0.4, 0.5) is 9.93 Å². The Balaban J connectivity index is 2.22. The Morgan fingerprint density at radius 2 is 2.00 bits per heavy atom. The van der Waals surface area contributed by atoms with Gasteiger partial charge in [0.15, 0.2) is 5.13 Å². The Hall–Kier alpha value is -2.34. The number of aliphatic carboxylic acids is 1. The van der Waals surface area contributed by atoms with Gasteiger partial charge >= 0.3 is 26.1 Å². The molecule has 2 rings (SSSR count). The van der Waals surface area contributed by atoms with Crippen LogP contribution in [0.2, 0.25) is 4.34 Å². The maximum absolute atomic E-state index is 11.8. The maximum Gasteiger partial charge on any atom is 0.413 e. The molecule has 150 valence electrons. The third-order valence-electron chi connectivity index (χ3n) is 3.57. The highest BCUT2D eigenvalue weighted by atomic mass is 35.5. The van der Waals surface area contributed by atoms with Crippen molar-refractivity contribution in [2.24, 2.45) is 5.16 Å². The molecule has 1 aliphatic carbocycles. The lowest BCUT2D eigenvalue weighted by Gasteiger charge is -2.36. The zero-order valence-corrected chi connectivity index (χ0v) is 16.8. The first-order valence-electron chi connectivity index (χ1n) is 8.05. The monoisotopic (exact) mass is 429 g/mol. The van der Waals surface area contributed by atoms with E-state index in [9.17, 15) is 19.5 Å². The molecule has 0 aliphatic heterocycles. The summed E-state index contributed by atoms with van der Waals surface area (Å²) in [6.07, 6.45) is 0.424. The van der Waals surface area contributed by atoms with E-state index in [0.29, 0.717) is 6.42 Å². The summed E-state index contributed by atoms with van der Waals surface area (Å²) in [5.41, 5.74) is -3.05. The molecule has 10 nitrogen and oxygen atoms in total. The number of aromatic nitrogens is 1. The number of amides is 1. The number of carboxylic acids is 1. The fraction of sp³-hybridized carbons (Fsp3) is 0.533. The van der Waals surface area contributed by atoms with Crippen molar-refractivity contribution in [1.82, 2.24) is 4.98 Å². The number of thiazole rings is 1. The van der Waals surface area contributed by atoms with Gasteiger partial charge in [-0.05, 0) is 27.2 Å². The number of halogens is 1. The summed E-state index contributed by atoms with van der Waals surface area (Å²) < 4.78 is 9.22. The third kappa shape index (κ3) is 5.13. The van der Waals surface area contributed by atoms with E-state index in [4.69, 9.17) is 29.2 Å². The average Bonchev–Trinajstić information content (AvgIpc) is 2.86. The number of nitrogens with one attached hydrogen (secondary N) is 1. The van der Waals surface area contributed by atoms with E-state index in [1.165, 1.54) is 0 Å². The normalized spacial score (nSPS) is 15.9. The number of hydrogen-bond donors (Lipinski definition) is 2. The summed E-state index contributed by atoms with van der Waals surface area (Å²) in [5.74, 6) is -2.35. The van der Waals surface area contributed by atoms with Gasteiger partial charge in [-0.25, -0.2) is 19.4 Å². The number of oxime groups is 1. The Morgan fingerprint density at radius 3 is 2.46 bits per heavy atom. The molecule has 1 saturated carbocycles. The average molecular weight is 430 g/mol. The van der Waals surface area contributed by atoms with E-state index >= 15 is 0 Å². The third-order valence-corrected chi connectivity index (χ3v) is 4.74. The molecule has 1 amide bonds. The van der Waals surface area contributed by atoms with Gasteiger partial charge in [0.1, 0.15) is 15.6 Å². The lowest BCUT2D eigenvalue weighted by molar-refractivity contribution is -0.175. The fourth-order valence-corrected chi connectivity index (χ4v) is 3.18. The molecular formula is C15H17BClN3O7S. The first-order chi connectivity index (χ1) is 13.0. The molecule has 1 heterocycles. The van der Waals surface area contributed by atoms with Gasteiger partial charge in [-0.1, -0.05) is 28.1 Å². The van der Waals surface area contributed by atoms with Gasteiger partial charge in [-0.15, -0.1) is 0 Å². The minimum Gasteiger partial charge on any atom is -0.540 e. The summed E-state index contributed by atoms with van der Waals surface area (Å²) in [7, 11) is 4.88. The van der Waals surface area contributed by atoms with Crippen LogP contribution >= 0.6 is 22.9 Å². The summed E-state index contributed by atoms with van der Waals surface area (Å²) in [5, 5.41) is 15.3. The van der Waals surface area contributed by atoms with Crippen LogP contribution in [-0.4, -0.2) is 53.1 Å². The van der Waals surface area contributed by atoms with Crippen LogP contribution in [0.25, 0.3) is 0 Å². The highest BCUT2D eigenvalue weighted by molar-refractivity contribution is 7.20. The van der Waals surface area contributed by atoms with Gasteiger partial charge in [0, 0.05) is 12.8 Å². The Morgan fingerprint density at radius 1 is 1.36 bits per heavy atom. The molecule has 0 spiro atoms. The molecule has 1 aliphatic rings. The summed E-state index contributed by atoms with van der Waals surface area (Å²) in [4.78, 5) is 44.3. The SMILES string of the molecule is [B]OC(=O)C1(ON=C(C(=O)O)c2nc(NC(=O)OC(C)(C)C)sc2Cl)CCC1. The first-order valence-corrected chi connectivity index (χ1v) is 9.24. The van der Waals surface area contributed by atoms with Crippen LogP contribution < -0.4 is 5.32 Å². The predicted molar refractivity (Wildman–Crippen MR) is 101 cm³/mol. The maximum atomic E-state index is 11.8. The molecule has 0 atom stereocenters. The molecular weight excluding hydrogens is 413 g/mol. The van der Waals surface area contributed by atoms with E-state index in [2.05, 4.69) is 20.1 Å². The molecule has 0 unspecified atom stereocenters. The minimum atomic E-state index is -1.49. The first kappa shape index (κ1) is 22.0. The van der Waals surface area contributed by atoms with Crippen molar-refractivity contribution in [2.75, 3.05) is 5.32 Å². The molecule has 1 fully saturated rings. The number of nitrogens with zero attached hydrogens (tertiary/aromatic N) is 2. The van der Waals surface area contributed by atoms with Gasteiger partial charge in [-0.3, -0.25) is 5.32 Å². The van der Waals surface area contributed by atoms with Crippen molar-refractivity contribution >= 4 is 59.9 Å². The number of carbonyl (C=O) groups is 3. The molecule has 13 heteroatoms. The van der Waals surface area contributed by atoms with Crippen molar-refractivity contribution in [3.05, 3.63) is 10.0 Å². The molecule has 28 heavy (non-hydrogen) atoms. The smallest absolute Gasteiger partial charge is 0.413 e. The molecule has 2 N–H and O–H groups in total. The summed E-state index contributed by atoms with van der Waals surface area (Å²) in [6, 6.07) is 0. The molecule has 1 aromatic heterocycles.